The van der Waals surface area contributed by atoms with Crippen LogP contribution in [0.2, 0.25) is 0 Å². The molecule has 0 bridgehead atoms. The Bertz CT molecular complexity index is 1380. The van der Waals surface area contributed by atoms with E-state index in [-0.39, 0.29) is 16.1 Å². The average Bonchev–Trinajstić information content (AvgIpc) is 2.90. The van der Waals surface area contributed by atoms with Crippen LogP contribution in [-0.4, -0.2) is 32.1 Å². The molecule has 0 aliphatic heterocycles. The van der Waals surface area contributed by atoms with Gasteiger partial charge < -0.3 is 14.8 Å². The highest BCUT2D eigenvalue weighted by atomic mass is 79.9. The number of benzene rings is 3. The number of thiocarbonyl (C=S) groups is 1. The first-order chi connectivity index (χ1) is 18.6. The van der Waals surface area contributed by atoms with Crippen LogP contribution in [-0.2, 0) is 10.0 Å². The van der Waals surface area contributed by atoms with Crippen molar-refractivity contribution in [3.63, 3.8) is 0 Å². The molecule has 0 radical (unpaired) electrons. The summed E-state index contributed by atoms with van der Waals surface area (Å²) in [5.74, 6) is 0.700. The van der Waals surface area contributed by atoms with Gasteiger partial charge in [-0.15, -0.1) is 0 Å². The summed E-state index contributed by atoms with van der Waals surface area (Å²) < 4.78 is 40.2. The van der Waals surface area contributed by atoms with E-state index in [2.05, 4.69) is 38.2 Å². The highest BCUT2D eigenvalue weighted by Crippen LogP contribution is 2.25. The molecule has 3 aromatic carbocycles. The maximum absolute atomic E-state index is 13.0. The summed E-state index contributed by atoms with van der Waals surface area (Å²) in [6.45, 7) is 6.49. The van der Waals surface area contributed by atoms with Gasteiger partial charge in [-0.3, -0.25) is 14.8 Å². The standard InChI is InChI=1S/C28H32BrN3O5S2/c1-4-6-7-19(3)37-26-17-8-20(29)18-25(26)27(33)31-28(38)30-21-11-15-24(16-12-21)39(34,35)32-22-9-13-23(14-10-22)36-5-2/h8-19,32H,4-7H2,1-3H3,(H2,30,31,33,38). The molecule has 1 atom stereocenters. The molecule has 0 heterocycles. The van der Waals surface area contributed by atoms with Crippen molar-refractivity contribution in [1.29, 1.82) is 0 Å². The van der Waals surface area contributed by atoms with E-state index in [9.17, 15) is 13.2 Å². The molecule has 1 amide bonds. The molecule has 0 aromatic heterocycles. The van der Waals surface area contributed by atoms with Gasteiger partial charge in [-0.05, 0) is 99.2 Å². The number of carbonyl (C=O) groups is 1. The van der Waals surface area contributed by atoms with Crippen molar-refractivity contribution < 1.29 is 22.7 Å². The molecule has 0 aliphatic rings. The first-order valence-electron chi connectivity index (χ1n) is 12.6. The highest BCUT2D eigenvalue weighted by Gasteiger charge is 2.18. The summed E-state index contributed by atoms with van der Waals surface area (Å²) in [5.41, 5.74) is 1.28. The third kappa shape index (κ3) is 9.22. The van der Waals surface area contributed by atoms with Gasteiger partial charge in [-0.1, -0.05) is 35.7 Å². The Labute approximate surface area is 243 Å². The molecule has 0 aliphatic carbocycles. The molecule has 11 heteroatoms. The normalized spacial score (nSPS) is 11.8. The van der Waals surface area contributed by atoms with Crippen LogP contribution < -0.4 is 24.8 Å². The van der Waals surface area contributed by atoms with Crippen LogP contribution in [0, 0.1) is 0 Å². The molecule has 8 nitrogen and oxygen atoms in total. The number of carbonyl (C=O) groups excluding carboxylic acids is 1. The molecular formula is C28H32BrN3O5S2. The number of halogens is 1. The third-order valence-corrected chi connectivity index (χ3v) is 7.64. The van der Waals surface area contributed by atoms with Crippen molar-refractivity contribution in [2.24, 2.45) is 0 Å². The Kier molecular flexibility index (Phi) is 11.1. The number of hydrogen-bond acceptors (Lipinski definition) is 6. The number of ether oxygens (including phenoxy) is 2. The predicted molar refractivity (Wildman–Crippen MR) is 162 cm³/mol. The van der Waals surface area contributed by atoms with Gasteiger partial charge in [-0.2, -0.15) is 0 Å². The van der Waals surface area contributed by atoms with E-state index in [0.717, 1.165) is 23.7 Å². The van der Waals surface area contributed by atoms with Gasteiger partial charge in [0, 0.05) is 15.8 Å². The van der Waals surface area contributed by atoms with E-state index in [0.29, 0.717) is 35.0 Å². The minimum atomic E-state index is -3.80. The second-order valence-corrected chi connectivity index (χ2v) is 11.7. The number of amides is 1. The van der Waals surface area contributed by atoms with Crippen molar-refractivity contribution >= 4 is 60.6 Å². The molecule has 0 fully saturated rings. The Hall–Kier alpha value is -3.15. The molecular weight excluding hydrogens is 602 g/mol. The number of rotatable bonds is 12. The minimum absolute atomic E-state index is 0.0403. The van der Waals surface area contributed by atoms with Gasteiger partial charge in [0.1, 0.15) is 11.5 Å². The van der Waals surface area contributed by atoms with E-state index in [4.69, 9.17) is 21.7 Å². The number of anilines is 2. The highest BCUT2D eigenvalue weighted by molar-refractivity contribution is 9.10. The van der Waals surface area contributed by atoms with Crippen molar-refractivity contribution in [1.82, 2.24) is 5.32 Å². The van der Waals surface area contributed by atoms with Gasteiger partial charge in [0.25, 0.3) is 15.9 Å². The van der Waals surface area contributed by atoms with Gasteiger partial charge in [-0.25, -0.2) is 8.42 Å². The first-order valence-corrected chi connectivity index (χ1v) is 15.2. The smallest absolute Gasteiger partial charge is 0.261 e. The average molecular weight is 635 g/mol. The fourth-order valence-electron chi connectivity index (χ4n) is 3.60. The Balaban J connectivity index is 1.62. The molecule has 0 saturated heterocycles. The zero-order chi connectivity index (χ0) is 28.4. The Morgan fingerprint density at radius 3 is 2.31 bits per heavy atom. The topological polar surface area (TPSA) is 106 Å². The van der Waals surface area contributed by atoms with Crippen LogP contribution in [0.1, 0.15) is 50.4 Å². The maximum Gasteiger partial charge on any atom is 0.261 e. The molecule has 1 unspecified atom stereocenters. The van der Waals surface area contributed by atoms with Crippen molar-refractivity contribution in [3.05, 3.63) is 76.8 Å². The number of nitrogens with one attached hydrogen (secondary N) is 3. The van der Waals surface area contributed by atoms with E-state index in [1.165, 1.54) is 12.1 Å². The molecule has 208 valence electrons. The summed E-state index contributed by atoms with van der Waals surface area (Å²) >= 11 is 8.72. The monoisotopic (exact) mass is 633 g/mol. The van der Waals surface area contributed by atoms with E-state index in [1.54, 1.807) is 48.5 Å². The SMILES string of the molecule is CCCCC(C)Oc1ccc(Br)cc1C(=O)NC(=S)Nc1ccc(S(=O)(=O)Nc2ccc(OCC)cc2)cc1. The Morgan fingerprint density at radius 2 is 1.67 bits per heavy atom. The number of sulfonamides is 1. The van der Waals surface area contributed by atoms with Crippen molar-refractivity contribution in [3.8, 4) is 11.5 Å². The molecule has 0 saturated carbocycles. The lowest BCUT2D eigenvalue weighted by Gasteiger charge is -2.18. The summed E-state index contributed by atoms with van der Waals surface area (Å²) in [6.07, 6.45) is 2.94. The zero-order valence-corrected chi connectivity index (χ0v) is 25.2. The largest absolute Gasteiger partial charge is 0.494 e. The molecule has 39 heavy (non-hydrogen) atoms. The fraction of sp³-hybridized carbons (Fsp3) is 0.286. The summed E-state index contributed by atoms with van der Waals surface area (Å²) in [7, 11) is -3.80. The van der Waals surface area contributed by atoms with Gasteiger partial charge >= 0.3 is 0 Å². The van der Waals surface area contributed by atoms with E-state index >= 15 is 0 Å². The number of unbranched alkanes of at least 4 members (excludes halogenated alkanes) is 1. The molecule has 3 rings (SSSR count). The van der Waals surface area contributed by atoms with E-state index in [1.807, 2.05) is 19.9 Å². The fourth-order valence-corrected chi connectivity index (χ4v) is 5.23. The Morgan fingerprint density at radius 1 is 1.00 bits per heavy atom. The van der Waals surface area contributed by atoms with Crippen LogP contribution in [0.25, 0.3) is 0 Å². The maximum atomic E-state index is 13.0. The zero-order valence-electron chi connectivity index (χ0n) is 22.0. The second kappa shape index (κ2) is 14.3. The van der Waals surface area contributed by atoms with Gasteiger partial charge in [0.2, 0.25) is 0 Å². The first kappa shape index (κ1) is 30.4. The number of hydrogen-bond donors (Lipinski definition) is 3. The van der Waals surface area contributed by atoms with E-state index < -0.39 is 15.9 Å². The van der Waals surface area contributed by atoms with Crippen molar-refractivity contribution in [2.45, 2.75) is 51.0 Å². The van der Waals surface area contributed by atoms with Crippen LogP contribution in [0.3, 0.4) is 0 Å². The quantitative estimate of drug-likeness (QED) is 0.190. The molecule has 3 aromatic rings. The van der Waals surface area contributed by atoms with Crippen LogP contribution >= 0.6 is 28.1 Å². The lowest BCUT2D eigenvalue weighted by atomic mass is 10.1. The lowest BCUT2D eigenvalue weighted by molar-refractivity contribution is 0.0970. The molecule has 3 N–H and O–H groups in total. The minimum Gasteiger partial charge on any atom is -0.494 e. The van der Waals surface area contributed by atoms with Gasteiger partial charge in [0.05, 0.1) is 23.2 Å². The summed E-state index contributed by atoms with van der Waals surface area (Å²) in [5, 5.41) is 5.63. The predicted octanol–water partition coefficient (Wildman–Crippen LogP) is 6.73. The molecule has 0 spiro atoms. The third-order valence-electron chi connectivity index (χ3n) is 5.55. The lowest BCUT2D eigenvalue weighted by Crippen LogP contribution is -2.34. The summed E-state index contributed by atoms with van der Waals surface area (Å²) in [6, 6.07) is 17.9. The van der Waals surface area contributed by atoms with Crippen LogP contribution in [0.4, 0.5) is 11.4 Å². The van der Waals surface area contributed by atoms with Crippen LogP contribution in [0.5, 0.6) is 11.5 Å². The van der Waals surface area contributed by atoms with Gasteiger partial charge in [0.15, 0.2) is 5.11 Å². The van der Waals surface area contributed by atoms with Crippen LogP contribution in [0.15, 0.2) is 76.1 Å². The second-order valence-electron chi connectivity index (χ2n) is 8.71. The summed E-state index contributed by atoms with van der Waals surface area (Å²) in [4.78, 5) is 13.1. The van der Waals surface area contributed by atoms with Crippen molar-refractivity contribution in [2.75, 3.05) is 16.6 Å².